The van der Waals surface area contributed by atoms with Crippen molar-refractivity contribution in [2.45, 2.75) is 39.7 Å². The molecule has 26 heavy (non-hydrogen) atoms. The van der Waals surface area contributed by atoms with E-state index in [1.807, 2.05) is 13.0 Å². The maximum atomic E-state index is 13.0. The van der Waals surface area contributed by atoms with Gasteiger partial charge in [0.05, 0.1) is 5.52 Å². The third-order valence-electron chi connectivity index (χ3n) is 4.20. The van der Waals surface area contributed by atoms with E-state index in [1.54, 1.807) is 29.0 Å². The summed E-state index contributed by atoms with van der Waals surface area (Å²) in [5.74, 6) is -0.931. The summed E-state index contributed by atoms with van der Waals surface area (Å²) in [6, 6.07) is 7.09. The van der Waals surface area contributed by atoms with Gasteiger partial charge in [-0.15, -0.1) is 11.3 Å². The van der Waals surface area contributed by atoms with Crippen LogP contribution in [-0.4, -0.2) is 20.6 Å². The first-order valence-corrected chi connectivity index (χ1v) is 9.42. The van der Waals surface area contributed by atoms with Crippen LogP contribution in [0.5, 0.6) is 5.75 Å². The Hall–Kier alpha value is -2.67. The van der Waals surface area contributed by atoms with Crippen LogP contribution < -0.4 is 10.9 Å². The number of pyridine rings is 1. The summed E-state index contributed by atoms with van der Waals surface area (Å²) in [5.41, 5.74) is -0.0936. The van der Waals surface area contributed by atoms with E-state index in [9.17, 15) is 14.7 Å². The highest BCUT2D eigenvalue weighted by molar-refractivity contribution is 7.15. The summed E-state index contributed by atoms with van der Waals surface area (Å²) in [4.78, 5) is 30.7. The molecule has 136 valence electrons. The molecule has 7 heteroatoms. The van der Waals surface area contributed by atoms with Gasteiger partial charge in [-0.05, 0) is 25.5 Å². The van der Waals surface area contributed by atoms with Gasteiger partial charge in [-0.25, -0.2) is 4.98 Å². The quantitative estimate of drug-likeness (QED) is 0.643. The first-order valence-electron chi connectivity index (χ1n) is 8.61. The molecule has 0 fully saturated rings. The average molecular weight is 371 g/mol. The normalized spacial score (nSPS) is 11.0. The largest absolute Gasteiger partial charge is 0.506 e. The van der Waals surface area contributed by atoms with E-state index < -0.39 is 11.5 Å². The zero-order valence-electron chi connectivity index (χ0n) is 14.8. The Bertz CT molecular complexity index is 1010. The van der Waals surface area contributed by atoms with Crippen LogP contribution in [0.4, 0.5) is 5.13 Å². The standard InChI is InChI=1S/C19H21N3O3S/c1-3-4-7-10-22-14-9-6-5-8-13(14)16(23)15(18(22)25)17(24)21-19-20-11-12(2)26-19/h5-6,8-9,11,23H,3-4,7,10H2,1-2H3,(H,20,21,24). The molecule has 2 aromatic heterocycles. The first kappa shape index (κ1) is 18.1. The predicted molar refractivity (Wildman–Crippen MR) is 104 cm³/mol. The number of unbranched alkanes of at least 4 members (excludes halogenated alkanes) is 2. The van der Waals surface area contributed by atoms with Crippen LogP contribution in [0.15, 0.2) is 35.3 Å². The van der Waals surface area contributed by atoms with Crippen molar-refractivity contribution >= 4 is 33.3 Å². The monoisotopic (exact) mass is 371 g/mol. The lowest BCUT2D eigenvalue weighted by Gasteiger charge is -2.14. The number of fused-ring (bicyclic) bond motifs is 1. The summed E-state index contributed by atoms with van der Waals surface area (Å²) in [6.07, 6.45) is 4.49. The molecule has 0 radical (unpaired) electrons. The Labute approximate surface area is 155 Å². The molecular formula is C19H21N3O3S. The van der Waals surface area contributed by atoms with E-state index in [1.165, 1.54) is 11.3 Å². The molecule has 6 nitrogen and oxygen atoms in total. The number of anilines is 1. The summed E-state index contributed by atoms with van der Waals surface area (Å²) >= 11 is 1.31. The molecule has 2 N–H and O–H groups in total. The van der Waals surface area contributed by atoms with Gasteiger partial charge in [0, 0.05) is 23.0 Å². The molecule has 0 aliphatic heterocycles. The van der Waals surface area contributed by atoms with Crippen LogP contribution in [0, 0.1) is 6.92 Å². The number of amides is 1. The summed E-state index contributed by atoms with van der Waals surface area (Å²) < 4.78 is 1.58. The Morgan fingerprint density at radius 2 is 2.08 bits per heavy atom. The topological polar surface area (TPSA) is 84.2 Å². The number of para-hydroxylation sites is 1. The third-order valence-corrected chi connectivity index (χ3v) is 5.03. The van der Waals surface area contributed by atoms with E-state index in [0.29, 0.717) is 22.6 Å². The van der Waals surface area contributed by atoms with Crippen LogP contribution >= 0.6 is 11.3 Å². The molecule has 1 aromatic carbocycles. The van der Waals surface area contributed by atoms with Gasteiger partial charge in [-0.1, -0.05) is 31.9 Å². The van der Waals surface area contributed by atoms with E-state index in [2.05, 4.69) is 17.2 Å². The molecular weight excluding hydrogens is 350 g/mol. The molecule has 1 amide bonds. The van der Waals surface area contributed by atoms with Gasteiger partial charge in [0.15, 0.2) is 5.13 Å². The van der Waals surface area contributed by atoms with Crippen molar-refractivity contribution in [3.05, 3.63) is 51.3 Å². The number of benzene rings is 1. The number of thiazole rings is 1. The van der Waals surface area contributed by atoms with Crippen LogP contribution in [0.1, 0.15) is 41.4 Å². The summed E-state index contributed by atoms with van der Waals surface area (Å²) in [7, 11) is 0. The van der Waals surface area contributed by atoms with Gasteiger partial charge in [-0.2, -0.15) is 0 Å². The number of hydrogen-bond acceptors (Lipinski definition) is 5. The van der Waals surface area contributed by atoms with E-state index in [0.717, 1.165) is 24.1 Å². The molecule has 0 spiro atoms. The Morgan fingerprint density at radius 1 is 1.31 bits per heavy atom. The average Bonchev–Trinajstić information content (AvgIpc) is 3.03. The Kier molecular flexibility index (Phi) is 5.37. The SMILES string of the molecule is CCCCCn1c(=O)c(C(=O)Nc2ncc(C)s2)c(O)c2ccccc21. The first-order chi connectivity index (χ1) is 12.5. The van der Waals surface area contributed by atoms with Crippen molar-refractivity contribution in [1.82, 2.24) is 9.55 Å². The smallest absolute Gasteiger partial charge is 0.267 e. The van der Waals surface area contributed by atoms with Gasteiger partial charge in [0.25, 0.3) is 11.5 Å². The van der Waals surface area contributed by atoms with Gasteiger partial charge >= 0.3 is 0 Å². The van der Waals surface area contributed by atoms with Crippen molar-refractivity contribution in [2.24, 2.45) is 0 Å². The van der Waals surface area contributed by atoms with Gasteiger partial charge in [0.1, 0.15) is 11.3 Å². The lowest BCUT2D eigenvalue weighted by atomic mass is 10.1. The molecule has 0 aliphatic carbocycles. The second kappa shape index (κ2) is 7.70. The number of carbonyl (C=O) groups is 1. The number of aromatic nitrogens is 2. The lowest BCUT2D eigenvalue weighted by Crippen LogP contribution is -2.30. The van der Waals surface area contributed by atoms with Gasteiger partial charge in [0.2, 0.25) is 0 Å². The van der Waals surface area contributed by atoms with E-state index >= 15 is 0 Å². The third kappa shape index (κ3) is 3.48. The number of aryl methyl sites for hydroxylation is 2. The Balaban J connectivity index is 2.09. The van der Waals surface area contributed by atoms with Crippen molar-refractivity contribution in [1.29, 1.82) is 0 Å². The second-order valence-electron chi connectivity index (χ2n) is 6.13. The zero-order chi connectivity index (χ0) is 18.7. The molecule has 3 aromatic rings. The maximum Gasteiger partial charge on any atom is 0.267 e. The van der Waals surface area contributed by atoms with Crippen molar-refractivity contribution in [3.8, 4) is 5.75 Å². The van der Waals surface area contributed by atoms with E-state index in [4.69, 9.17) is 0 Å². The molecule has 0 aliphatic rings. The van der Waals surface area contributed by atoms with Gasteiger partial charge in [-0.3, -0.25) is 14.9 Å². The minimum atomic E-state index is -0.642. The molecule has 0 bridgehead atoms. The van der Waals surface area contributed by atoms with Crippen molar-refractivity contribution < 1.29 is 9.90 Å². The van der Waals surface area contributed by atoms with Crippen LogP contribution in [0.3, 0.4) is 0 Å². The minimum Gasteiger partial charge on any atom is -0.506 e. The molecule has 0 saturated carbocycles. The molecule has 0 atom stereocenters. The second-order valence-corrected chi connectivity index (χ2v) is 7.37. The van der Waals surface area contributed by atoms with Crippen molar-refractivity contribution in [2.75, 3.05) is 5.32 Å². The summed E-state index contributed by atoms with van der Waals surface area (Å²) in [5, 5.41) is 14.1. The number of carbonyl (C=O) groups excluding carboxylic acids is 1. The Morgan fingerprint density at radius 3 is 2.77 bits per heavy atom. The predicted octanol–water partition coefficient (Wildman–Crippen LogP) is 3.91. The van der Waals surface area contributed by atoms with Crippen LogP contribution in [0.2, 0.25) is 0 Å². The number of nitrogens with zero attached hydrogens (tertiary/aromatic N) is 2. The highest BCUT2D eigenvalue weighted by Gasteiger charge is 2.22. The number of nitrogens with one attached hydrogen (secondary N) is 1. The summed E-state index contributed by atoms with van der Waals surface area (Å²) in [6.45, 7) is 4.47. The van der Waals surface area contributed by atoms with Crippen LogP contribution in [-0.2, 0) is 6.54 Å². The van der Waals surface area contributed by atoms with Gasteiger partial charge < -0.3 is 9.67 Å². The maximum absolute atomic E-state index is 13.0. The highest BCUT2D eigenvalue weighted by atomic mass is 32.1. The number of aromatic hydroxyl groups is 1. The number of hydrogen-bond donors (Lipinski definition) is 2. The zero-order valence-corrected chi connectivity index (χ0v) is 15.6. The molecule has 2 heterocycles. The fourth-order valence-electron chi connectivity index (χ4n) is 2.91. The lowest BCUT2D eigenvalue weighted by molar-refractivity contribution is 0.102. The molecule has 0 saturated heterocycles. The fourth-order valence-corrected chi connectivity index (χ4v) is 3.57. The minimum absolute atomic E-state index is 0.243. The number of rotatable bonds is 6. The van der Waals surface area contributed by atoms with Crippen LogP contribution in [0.25, 0.3) is 10.9 Å². The molecule has 0 unspecified atom stereocenters. The van der Waals surface area contributed by atoms with E-state index in [-0.39, 0.29) is 11.3 Å². The van der Waals surface area contributed by atoms with Crippen molar-refractivity contribution in [3.63, 3.8) is 0 Å². The highest BCUT2D eigenvalue weighted by Crippen LogP contribution is 2.27. The molecule has 3 rings (SSSR count). The fraction of sp³-hybridized carbons (Fsp3) is 0.316.